The summed E-state index contributed by atoms with van der Waals surface area (Å²) in [4.78, 5) is 0. The van der Waals surface area contributed by atoms with Crippen molar-refractivity contribution >= 4 is 18.3 Å². The molecular formula is C11H13NOS. The summed E-state index contributed by atoms with van der Waals surface area (Å²) < 4.78 is 5.16. The van der Waals surface area contributed by atoms with Gasteiger partial charge >= 0.3 is 0 Å². The smallest absolute Gasteiger partial charge is 0.136 e. The lowest BCUT2D eigenvalue weighted by Gasteiger charge is -2.03. The first-order valence-electron chi connectivity index (χ1n) is 4.31. The van der Waals surface area contributed by atoms with Gasteiger partial charge in [-0.15, -0.1) is 0 Å². The van der Waals surface area contributed by atoms with Crippen LogP contribution in [0.2, 0.25) is 0 Å². The zero-order valence-electron chi connectivity index (χ0n) is 8.08. The number of nitrogen functional groups attached to an aromatic ring is 1. The molecule has 74 valence electrons. The second-order valence-corrected chi connectivity index (χ2v) is 3.18. The van der Waals surface area contributed by atoms with Crippen LogP contribution in [-0.2, 0) is 0 Å². The van der Waals surface area contributed by atoms with Crippen LogP contribution in [0.3, 0.4) is 0 Å². The first-order chi connectivity index (χ1) is 6.77. The zero-order valence-corrected chi connectivity index (χ0v) is 8.97. The van der Waals surface area contributed by atoms with Gasteiger partial charge in [0.2, 0.25) is 0 Å². The van der Waals surface area contributed by atoms with Gasteiger partial charge in [-0.05, 0) is 12.1 Å². The summed E-state index contributed by atoms with van der Waals surface area (Å²) in [6.45, 7) is 0. The van der Waals surface area contributed by atoms with Crippen LogP contribution in [-0.4, -0.2) is 12.9 Å². The number of rotatable bonds is 2. The predicted molar refractivity (Wildman–Crippen MR) is 62.8 cm³/mol. The van der Waals surface area contributed by atoms with E-state index in [1.54, 1.807) is 13.2 Å². The molecule has 1 aromatic rings. The van der Waals surface area contributed by atoms with Gasteiger partial charge in [-0.25, -0.2) is 0 Å². The maximum absolute atomic E-state index is 5.62. The molecule has 0 aliphatic rings. The van der Waals surface area contributed by atoms with Crippen molar-refractivity contribution in [3.05, 3.63) is 23.8 Å². The Bertz CT molecular complexity index is 365. The number of hydrogen-bond acceptors (Lipinski definition) is 3. The van der Waals surface area contributed by atoms with E-state index in [2.05, 4.69) is 24.5 Å². The molecule has 0 heterocycles. The summed E-state index contributed by atoms with van der Waals surface area (Å²) in [7, 11) is 1.61. The van der Waals surface area contributed by atoms with Gasteiger partial charge in [0.15, 0.2) is 0 Å². The van der Waals surface area contributed by atoms with Crippen molar-refractivity contribution in [2.75, 3.05) is 18.6 Å². The van der Waals surface area contributed by atoms with E-state index in [9.17, 15) is 0 Å². The normalized spacial score (nSPS) is 9.00. The van der Waals surface area contributed by atoms with E-state index in [-0.39, 0.29) is 0 Å². The number of thiol groups is 1. The molecule has 0 saturated heterocycles. The molecule has 0 amide bonds. The summed E-state index contributed by atoms with van der Waals surface area (Å²) >= 11 is 4.08. The number of methoxy groups -OCH3 is 1. The Morgan fingerprint density at radius 3 is 2.93 bits per heavy atom. The van der Waals surface area contributed by atoms with Crippen molar-refractivity contribution in [3.63, 3.8) is 0 Å². The van der Waals surface area contributed by atoms with Gasteiger partial charge in [0, 0.05) is 23.9 Å². The number of ether oxygens (including phenoxy) is 1. The highest BCUT2D eigenvalue weighted by atomic mass is 32.1. The topological polar surface area (TPSA) is 35.2 Å². The lowest BCUT2D eigenvalue weighted by Crippen LogP contribution is -1.91. The molecule has 0 unspecified atom stereocenters. The van der Waals surface area contributed by atoms with Gasteiger partial charge in [-0.3, -0.25) is 0 Å². The van der Waals surface area contributed by atoms with E-state index in [1.165, 1.54) is 0 Å². The Morgan fingerprint density at radius 1 is 1.50 bits per heavy atom. The molecule has 3 heteroatoms. The summed E-state index contributed by atoms with van der Waals surface area (Å²) in [5, 5.41) is 0. The van der Waals surface area contributed by atoms with E-state index in [1.807, 2.05) is 12.1 Å². The molecule has 0 aliphatic carbocycles. The molecule has 0 aliphatic heterocycles. The van der Waals surface area contributed by atoms with Crippen molar-refractivity contribution in [1.29, 1.82) is 0 Å². The van der Waals surface area contributed by atoms with Crippen molar-refractivity contribution in [1.82, 2.24) is 0 Å². The highest BCUT2D eigenvalue weighted by molar-refractivity contribution is 7.80. The quantitative estimate of drug-likeness (QED) is 0.441. The molecule has 0 saturated carbocycles. The first kappa shape index (κ1) is 10.8. The molecule has 0 spiro atoms. The maximum Gasteiger partial charge on any atom is 0.136 e. The highest BCUT2D eigenvalue weighted by Gasteiger charge is 1.99. The van der Waals surface area contributed by atoms with E-state index in [0.29, 0.717) is 5.69 Å². The van der Waals surface area contributed by atoms with Crippen LogP contribution in [0.25, 0.3) is 0 Å². The van der Waals surface area contributed by atoms with Crippen LogP contribution in [0.1, 0.15) is 12.0 Å². The van der Waals surface area contributed by atoms with Crippen molar-refractivity contribution in [2.45, 2.75) is 6.42 Å². The van der Waals surface area contributed by atoms with Crippen LogP contribution in [0.15, 0.2) is 18.2 Å². The molecule has 0 radical (unpaired) electrons. The lowest BCUT2D eigenvalue weighted by atomic mass is 10.2. The van der Waals surface area contributed by atoms with Gasteiger partial charge in [0.25, 0.3) is 0 Å². The SMILES string of the molecule is COc1cc(N)ccc1C#CCCS. The van der Waals surface area contributed by atoms with Crippen LogP contribution in [0, 0.1) is 11.8 Å². The second kappa shape index (κ2) is 5.46. The fourth-order valence-electron chi connectivity index (χ4n) is 1.02. The monoisotopic (exact) mass is 207 g/mol. The first-order valence-corrected chi connectivity index (χ1v) is 4.94. The fraction of sp³-hybridized carbons (Fsp3) is 0.273. The van der Waals surface area contributed by atoms with E-state index in [4.69, 9.17) is 10.5 Å². The Hall–Kier alpha value is -1.27. The van der Waals surface area contributed by atoms with E-state index in [0.717, 1.165) is 23.5 Å². The summed E-state index contributed by atoms with van der Waals surface area (Å²) in [6.07, 6.45) is 0.774. The zero-order chi connectivity index (χ0) is 10.4. The highest BCUT2D eigenvalue weighted by Crippen LogP contribution is 2.20. The molecule has 0 fully saturated rings. The van der Waals surface area contributed by atoms with Crippen molar-refractivity contribution in [2.24, 2.45) is 0 Å². The van der Waals surface area contributed by atoms with Crippen molar-refractivity contribution in [3.8, 4) is 17.6 Å². The van der Waals surface area contributed by atoms with Crippen LogP contribution in [0.5, 0.6) is 5.75 Å². The van der Waals surface area contributed by atoms with Crippen LogP contribution in [0.4, 0.5) is 5.69 Å². The van der Waals surface area contributed by atoms with Gasteiger partial charge in [0.05, 0.1) is 12.7 Å². The Labute approximate surface area is 89.9 Å². The summed E-state index contributed by atoms with van der Waals surface area (Å²) in [6, 6.07) is 5.44. The van der Waals surface area contributed by atoms with Crippen LogP contribution < -0.4 is 10.5 Å². The number of anilines is 1. The van der Waals surface area contributed by atoms with Crippen molar-refractivity contribution < 1.29 is 4.74 Å². The van der Waals surface area contributed by atoms with Gasteiger partial charge < -0.3 is 10.5 Å². The molecule has 1 rings (SSSR count). The Morgan fingerprint density at radius 2 is 2.29 bits per heavy atom. The third-order valence-corrected chi connectivity index (χ3v) is 1.91. The van der Waals surface area contributed by atoms with Gasteiger partial charge in [-0.1, -0.05) is 11.8 Å². The average Bonchev–Trinajstić information content (AvgIpc) is 2.20. The third-order valence-electron chi connectivity index (χ3n) is 1.69. The molecule has 2 N–H and O–H groups in total. The van der Waals surface area contributed by atoms with Gasteiger partial charge in [-0.2, -0.15) is 12.6 Å². The van der Waals surface area contributed by atoms with Crippen LogP contribution >= 0.6 is 12.6 Å². The fourth-order valence-corrected chi connectivity index (χ4v) is 1.14. The molecular weight excluding hydrogens is 194 g/mol. The minimum atomic E-state index is 0.682. The minimum absolute atomic E-state index is 0.682. The Balaban J connectivity index is 2.92. The Kier molecular flexibility index (Phi) is 4.21. The number of benzene rings is 1. The molecule has 0 bridgehead atoms. The predicted octanol–water partition coefficient (Wildman–Crippen LogP) is 1.95. The molecule has 0 atom stereocenters. The van der Waals surface area contributed by atoms with Gasteiger partial charge in [0.1, 0.15) is 5.75 Å². The minimum Gasteiger partial charge on any atom is -0.495 e. The number of nitrogens with two attached hydrogens (primary N) is 1. The van der Waals surface area contributed by atoms with E-state index < -0.39 is 0 Å². The van der Waals surface area contributed by atoms with E-state index >= 15 is 0 Å². The molecule has 1 aromatic carbocycles. The molecule has 0 aromatic heterocycles. The maximum atomic E-state index is 5.62. The third kappa shape index (κ3) is 2.90. The second-order valence-electron chi connectivity index (χ2n) is 2.74. The lowest BCUT2D eigenvalue weighted by molar-refractivity contribution is 0.414. The molecule has 2 nitrogen and oxygen atoms in total. The number of hydrogen-bond donors (Lipinski definition) is 2. The summed E-state index contributed by atoms with van der Waals surface area (Å²) in [5.74, 6) is 7.50. The summed E-state index contributed by atoms with van der Waals surface area (Å²) in [5.41, 5.74) is 7.16. The molecule has 14 heavy (non-hydrogen) atoms. The average molecular weight is 207 g/mol. The standard InChI is InChI=1S/C11H13NOS/c1-13-11-8-10(12)6-5-9(11)4-2-3-7-14/h5-6,8,14H,3,7,12H2,1H3. The largest absolute Gasteiger partial charge is 0.495 e.